The summed E-state index contributed by atoms with van der Waals surface area (Å²) >= 11 is 0. The molecule has 0 spiro atoms. The number of nitrogens with zero attached hydrogens (tertiary/aromatic N) is 6. The van der Waals surface area contributed by atoms with E-state index in [1.54, 1.807) is 125 Å². The lowest BCUT2D eigenvalue weighted by atomic mass is 9.92. The van der Waals surface area contributed by atoms with Crippen molar-refractivity contribution in [2.24, 2.45) is 0 Å². The van der Waals surface area contributed by atoms with Crippen LogP contribution in [0.5, 0.6) is 11.5 Å². The minimum Gasteiger partial charge on any atom is -0.493 e. The molecule has 0 fully saturated rings. The van der Waals surface area contributed by atoms with Crippen LogP contribution in [0.15, 0.2) is 241 Å². The number of hydrogen-bond donors (Lipinski definition) is 6. The fraction of sp³-hybridized carbons (Fsp3) is 0.167. The molecule has 0 aliphatic rings. The molecule has 22 nitrogen and oxygen atoms in total. The Bertz CT molecular complexity index is 4760. The first-order chi connectivity index (χ1) is 46.0. The van der Waals surface area contributed by atoms with E-state index < -0.39 is 43.9 Å². The minimum absolute atomic E-state index is 0.0127. The summed E-state index contributed by atoms with van der Waals surface area (Å²) in [5, 5.41) is 22.7. The second-order valence-electron chi connectivity index (χ2n) is 24.0. The van der Waals surface area contributed by atoms with Crippen LogP contribution in [-0.2, 0) is 43.7 Å². The van der Waals surface area contributed by atoms with Gasteiger partial charge in [0.2, 0.25) is 0 Å². The Hall–Kier alpha value is -11.5. The standard InChI is InChI=1S/C38H36N6O5S.C34H34N6O5S/c1-38(2,3)34-24-35(44(42-34)28-17-15-27(16-18-28)36(45)43-50(47,48)29-11-5-4-6-12-29)41-37(46)40-32-19-20-33(31-14-8-7-13-30(31)32)49-23-21-26-10-9-22-39-25-26;1-34(2,3)30-22-31(37-33(42)36-26-13-17-28(18-14-26)45-21-19-24-8-7-20-35-23-24)40(38-30)27-15-11-25(12-16-27)32(41)39-46(43,44)29-9-5-4-6-10-29/h4-20,22,24-25H,21,23H2,1-3H3,(H,43,45)(H2,40,41,46);4-18,20,22-23H,19,21H2,1-3H3,(H,39,41)(H2,36,37,42). The number of anilines is 4. The van der Waals surface area contributed by atoms with E-state index >= 15 is 0 Å². The van der Waals surface area contributed by atoms with E-state index in [0.717, 1.165) is 39.7 Å². The average Bonchev–Trinajstić information content (AvgIpc) is 1.74. The van der Waals surface area contributed by atoms with Gasteiger partial charge in [0.05, 0.1) is 51.5 Å². The first-order valence-electron chi connectivity index (χ1n) is 30.4. The van der Waals surface area contributed by atoms with Gasteiger partial charge in [-0.3, -0.25) is 30.2 Å². The summed E-state index contributed by atoms with van der Waals surface area (Å²) in [4.78, 5) is 60.3. The van der Waals surface area contributed by atoms with E-state index in [-0.39, 0.29) is 31.7 Å². The van der Waals surface area contributed by atoms with Gasteiger partial charge in [-0.25, -0.2) is 45.2 Å². The lowest BCUT2D eigenvalue weighted by molar-refractivity contribution is 0.0972. The number of benzene rings is 7. The molecule has 4 heterocycles. The Morgan fingerprint density at radius 2 is 0.885 bits per heavy atom. The van der Waals surface area contributed by atoms with Crippen LogP contribution in [0.3, 0.4) is 0 Å². The van der Waals surface area contributed by atoms with E-state index in [4.69, 9.17) is 19.7 Å². The number of nitrogens with one attached hydrogen (secondary N) is 6. The third-order valence-electron chi connectivity index (χ3n) is 14.7. The zero-order valence-corrected chi connectivity index (χ0v) is 55.0. The number of amides is 6. The fourth-order valence-corrected chi connectivity index (χ4v) is 11.6. The first kappa shape index (κ1) is 67.4. The second kappa shape index (κ2) is 29.6. The van der Waals surface area contributed by atoms with Gasteiger partial charge in [0.1, 0.15) is 23.1 Å². The Balaban J connectivity index is 0.000000210. The van der Waals surface area contributed by atoms with Gasteiger partial charge in [-0.05, 0) is 132 Å². The number of carbonyl (C=O) groups excluding carboxylic acids is 4. The van der Waals surface area contributed by atoms with E-state index in [1.807, 2.05) is 109 Å². The van der Waals surface area contributed by atoms with Crippen LogP contribution in [0.4, 0.5) is 32.6 Å². The number of pyridine rings is 2. The zero-order valence-electron chi connectivity index (χ0n) is 53.3. The molecule has 0 radical (unpaired) electrons. The van der Waals surface area contributed by atoms with Crippen LogP contribution >= 0.6 is 0 Å². The number of hydrogen-bond acceptors (Lipinski definition) is 14. The van der Waals surface area contributed by atoms with Gasteiger partial charge in [0.25, 0.3) is 31.9 Å². The monoisotopic (exact) mass is 1330 g/mol. The van der Waals surface area contributed by atoms with Gasteiger partial charge in [0, 0.05) is 88.2 Å². The quantitative estimate of drug-likeness (QED) is 0.0414. The van der Waals surface area contributed by atoms with E-state index in [1.165, 1.54) is 48.5 Å². The Labute approximate surface area is 556 Å². The lowest BCUT2D eigenvalue weighted by Crippen LogP contribution is -2.30. The molecule has 0 saturated heterocycles. The van der Waals surface area contributed by atoms with Crippen molar-refractivity contribution >= 4 is 77.7 Å². The molecule has 11 aromatic rings. The SMILES string of the molecule is CC(C)(C)c1cc(NC(=O)Nc2ccc(OCCc3cccnc3)c3ccccc23)n(-c2ccc(C(=O)NS(=O)(=O)c3ccccc3)cc2)n1.CC(C)(C)c1cc(NC(=O)Nc2ccc(OCCc3cccnc3)cc2)n(-c2ccc(C(=O)NS(=O)(=O)c3ccccc3)cc2)n1. The number of ether oxygens (including phenoxy) is 2. The maximum absolute atomic E-state index is 13.5. The molecule has 0 atom stereocenters. The Kier molecular flexibility index (Phi) is 20.8. The Morgan fingerprint density at radius 3 is 1.33 bits per heavy atom. The number of urea groups is 2. The summed E-state index contributed by atoms with van der Waals surface area (Å²) in [6, 6.07) is 56.6. The summed E-state index contributed by atoms with van der Waals surface area (Å²) in [5.74, 6) is 0.647. The van der Waals surface area contributed by atoms with Crippen molar-refractivity contribution in [2.45, 2.75) is 75.0 Å². The van der Waals surface area contributed by atoms with Gasteiger partial charge in [-0.2, -0.15) is 10.2 Å². The number of rotatable bonds is 20. The maximum atomic E-state index is 13.5. The topological polar surface area (TPSA) is 289 Å². The van der Waals surface area contributed by atoms with Crippen LogP contribution in [0.2, 0.25) is 0 Å². The predicted molar refractivity (Wildman–Crippen MR) is 369 cm³/mol. The van der Waals surface area contributed by atoms with Crippen LogP contribution in [-0.4, -0.2) is 83.5 Å². The molecule has 0 bridgehead atoms. The summed E-state index contributed by atoms with van der Waals surface area (Å²) in [7, 11) is -8.07. The summed E-state index contributed by atoms with van der Waals surface area (Å²) < 4.78 is 69.7. The Morgan fingerprint density at radius 1 is 0.448 bits per heavy atom. The van der Waals surface area contributed by atoms with Gasteiger partial charge in [0.15, 0.2) is 0 Å². The molecule has 11 rings (SSSR count). The molecule has 0 aliphatic carbocycles. The van der Waals surface area contributed by atoms with Crippen LogP contribution < -0.4 is 40.2 Å². The summed E-state index contributed by atoms with van der Waals surface area (Å²) in [6.45, 7) is 13.0. The highest BCUT2D eigenvalue weighted by Gasteiger charge is 2.26. The van der Waals surface area contributed by atoms with Crippen molar-refractivity contribution in [3.05, 3.63) is 265 Å². The van der Waals surface area contributed by atoms with Gasteiger partial charge < -0.3 is 20.1 Å². The van der Waals surface area contributed by atoms with Crippen LogP contribution in [0.1, 0.15) is 84.8 Å². The highest BCUT2D eigenvalue weighted by molar-refractivity contribution is 7.90. The minimum atomic E-state index is -4.04. The number of aromatic nitrogens is 6. The third kappa shape index (κ3) is 17.6. The molecule has 490 valence electrons. The molecule has 96 heavy (non-hydrogen) atoms. The molecule has 0 unspecified atom stereocenters. The van der Waals surface area contributed by atoms with Gasteiger partial charge >= 0.3 is 12.1 Å². The zero-order chi connectivity index (χ0) is 68.0. The molecule has 7 aromatic carbocycles. The van der Waals surface area contributed by atoms with Crippen molar-refractivity contribution < 1.29 is 45.5 Å². The largest absolute Gasteiger partial charge is 0.493 e. The molecule has 0 saturated carbocycles. The molecule has 0 aliphatic heterocycles. The lowest BCUT2D eigenvalue weighted by Gasteiger charge is -2.14. The highest BCUT2D eigenvalue weighted by atomic mass is 32.2. The molecular formula is C72H70N12O10S2. The molecule has 6 N–H and O–H groups in total. The maximum Gasteiger partial charge on any atom is 0.324 e. The first-order valence-corrected chi connectivity index (χ1v) is 33.4. The normalized spacial score (nSPS) is 11.5. The van der Waals surface area contributed by atoms with Gasteiger partial charge in [-0.1, -0.05) is 114 Å². The molecule has 6 amide bonds. The van der Waals surface area contributed by atoms with Crippen molar-refractivity contribution in [1.82, 2.24) is 39.0 Å². The fourth-order valence-electron chi connectivity index (χ4n) is 9.60. The smallest absolute Gasteiger partial charge is 0.324 e. The van der Waals surface area contributed by atoms with E-state index in [0.29, 0.717) is 65.5 Å². The van der Waals surface area contributed by atoms with Crippen molar-refractivity contribution in [3.63, 3.8) is 0 Å². The highest BCUT2D eigenvalue weighted by Crippen LogP contribution is 2.33. The summed E-state index contributed by atoms with van der Waals surface area (Å²) in [5.41, 5.74) is 5.51. The van der Waals surface area contributed by atoms with E-state index in [9.17, 15) is 36.0 Å². The van der Waals surface area contributed by atoms with Crippen molar-refractivity contribution in [2.75, 3.05) is 34.5 Å². The van der Waals surface area contributed by atoms with Crippen LogP contribution in [0, 0.1) is 0 Å². The second-order valence-corrected chi connectivity index (χ2v) is 27.4. The van der Waals surface area contributed by atoms with Crippen molar-refractivity contribution in [1.29, 1.82) is 0 Å². The van der Waals surface area contributed by atoms with Crippen molar-refractivity contribution in [3.8, 4) is 22.9 Å². The van der Waals surface area contributed by atoms with Gasteiger partial charge in [-0.15, -0.1) is 0 Å². The third-order valence-corrected chi connectivity index (χ3v) is 17.4. The number of sulfonamides is 2. The van der Waals surface area contributed by atoms with Crippen LogP contribution in [0.25, 0.3) is 22.1 Å². The average molecular weight is 1330 g/mol. The number of carbonyl (C=O) groups is 4. The number of fused-ring (bicyclic) bond motifs is 1. The molecular weight excluding hydrogens is 1260 g/mol. The van der Waals surface area contributed by atoms with E-state index in [2.05, 4.69) is 40.7 Å². The molecule has 4 aromatic heterocycles. The predicted octanol–water partition coefficient (Wildman–Crippen LogP) is 13.1. The summed E-state index contributed by atoms with van der Waals surface area (Å²) in [6.07, 6.45) is 8.53. The molecule has 24 heteroatoms.